The van der Waals surface area contributed by atoms with Crippen LogP contribution >= 0.6 is 11.6 Å². The smallest absolute Gasteiger partial charge is 0.431 e. The minimum atomic E-state index is -4.59. The van der Waals surface area contributed by atoms with E-state index in [1.165, 1.54) is 5.01 Å². The molecule has 1 atom stereocenters. The van der Waals surface area contributed by atoms with Gasteiger partial charge in [0.15, 0.2) is 0 Å². The van der Waals surface area contributed by atoms with Gasteiger partial charge in [-0.05, 0) is 66.8 Å². The van der Waals surface area contributed by atoms with Crippen LogP contribution in [0.4, 0.5) is 18.9 Å². The van der Waals surface area contributed by atoms with E-state index in [-0.39, 0.29) is 0 Å². The van der Waals surface area contributed by atoms with E-state index in [9.17, 15) is 18.0 Å². The fraction of sp³-hybridized carbons (Fsp3) is 0.310. The van der Waals surface area contributed by atoms with Gasteiger partial charge in [-0.15, -0.1) is 0 Å². The van der Waals surface area contributed by atoms with Crippen molar-refractivity contribution in [1.82, 2.24) is 0 Å². The number of alkyl halides is 3. The molecule has 3 aromatic rings. The Kier molecular flexibility index (Phi) is 9.02. The lowest BCUT2D eigenvalue weighted by molar-refractivity contribution is -0.137. The van der Waals surface area contributed by atoms with E-state index in [0.717, 1.165) is 33.4 Å². The number of rotatable bonds is 6. The van der Waals surface area contributed by atoms with Gasteiger partial charge in [-0.3, -0.25) is 9.80 Å². The highest BCUT2D eigenvalue weighted by Crippen LogP contribution is 2.34. The van der Waals surface area contributed by atoms with Crippen LogP contribution in [0.15, 0.2) is 65.8 Å². The third-order valence-corrected chi connectivity index (χ3v) is 6.38. The Morgan fingerprint density at radius 3 is 2.24 bits per heavy atom. The van der Waals surface area contributed by atoms with Gasteiger partial charge in [0, 0.05) is 17.0 Å². The van der Waals surface area contributed by atoms with Crippen LogP contribution in [-0.4, -0.2) is 29.0 Å². The molecule has 4 nitrogen and oxygen atoms in total. The molecule has 1 N–H and O–H groups in total. The van der Waals surface area contributed by atoms with E-state index in [0.29, 0.717) is 17.1 Å². The molecule has 1 unspecified atom stereocenters. The molecule has 0 radical (unpaired) electrons. The number of anilines is 1. The van der Waals surface area contributed by atoms with Gasteiger partial charge >= 0.3 is 12.1 Å². The van der Waals surface area contributed by atoms with Gasteiger partial charge in [-0.2, -0.15) is 18.3 Å². The van der Waals surface area contributed by atoms with Crippen LogP contribution < -0.4 is 5.01 Å². The minimum Gasteiger partial charge on any atom is -0.481 e. The lowest BCUT2D eigenvalue weighted by Crippen LogP contribution is -2.29. The molecule has 3 aromatic carbocycles. The van der Waals surface area contributed by atoms with E-state index in [2.05, 4.69) is 17.2 Å². The van der Waals surface area contributed by atoms with Crippen molar-refractivity contribution in [1.29, 1.82) is 0 Å². The van der Waals surface area contributed by atoms with Gasteiger partial charge in [0.1, 0.15) is 5.71 Å². The minimum absolute atomic E-state index is 0.429. The molecule has 0 aliphatic carbocycles. The summed E-state index contributed by atoms with van der Waals surface area (Å²) in [7, 11) is 0. The van der Waals surface area contributed by atoms with Crippen LogP contribution in [-0.2, 0) is 11.2 Å². The summed E-state index contributed by atoms with van der Waals surface area (Å²) < 4.78 is 39.5. The number of hydrazone groups is 1. The normalized spacial score (nSPS) is 15.2. The van der Waals surface area contributed by atoms with E-state index in [4.69, 9.17) is 16.7 Å². The van der Waals surface area contributed by atoms with E-state index in [1.54, 1.807) is 12.1 Å². The number of nitrogens with zero attached hydrogens (tertiary/aromatic N) is 2. The highest BCUT2D eigenvalue weighted by atomic mass is 35.5. The van der Waals surface area contributed by atoms with Gasteiger partial charge in [-0.25, -0.2) is 0 Å². The maximum Gasteiger partial charge on any atom is 0.431 e. The summed E-state index contributed by atoms with van der Waals surface area (Å²) in [6.07, 6.45) is -4.83. The fourth-order valence-electron chi connectivity index (χ4n) is 4.35. The lowest BCUT2D eigenvalue weighted by Gasteiger charge is -2.22. The van der Waals surface area contributed by atoms with Crippen LogP contribution in [0.2, 0.25) is 5.02 Å². The highest BCUT2D eigenvalue weighted by Gasteiger charge is 2.43. The molecule has 196 valence electrons. The predicted octanol–water partition coefficient (Wildman–Crippen LogP) is 8.21. The van der Waals surface area contributed by atoms with Crippen LogP contribution in [0.5, 0.6) is 0 Å². The third-order valence-electron chi connectivity index (χ3n) is 6.05. The second-order valence-corrected chi connectivity index (χ2v) is 9.23. The quantitative estimate of drug-likeness (QED) is 0.349. The average molecular weight is 531 g/mol. The Morgan fingerprint density at radius 1 is 1.00 bits per heavy atom. The average Bonchev–Trinajstić information content (AvgIpc) is 3.26. The van der Waals surface area contributed by atoms with Crippen molar-refractivity contribution in [3.05, 3.63) is 87.9 Å². The van der Waals surface area contributed by atoms with Gasteiger partial charge in [0.05, 0.1) is 18.2 Å². The van der Waals surface area contributed by atoms with E-state index < -0.39 is 36.7 Å². The molecule has 37 heavy (non-hydrogen) atoms. The number of aliphatic carboxylic acids is 1. The molecule has 8 heteroatoms. The number of aryl methyl sites for hydroxylation is 2. The van der Waals surface area contributed by atoms with Gasteiger partial charge < -0.3 is 5.11 Å². The van der Waals surface area contributed by atoms with Crippen LogP contribution in [0.1, 0.15) is 48.9 Å². The van der Waals surface area contributed by atoms with Gasteiger partial charge in [-0.1, -0.05) is 67.4 Å². The maximum absolute atomic E-state index is 13.2. The molecular formula is C29H30ClF3N2O2. The maximum atomic E-state index is 13.2. The molecule has 1 aliphatic rings. The second kappa shape index (κ2) is 11.8. The monoisotopic (exact) mass is 530 g/mol. The molecule has 1 heterocycles. The zero-order valence-electron chi connectivity index (χ0n) is 21.2. The fourth-order valence-corrected chi connectivity index (χ4v) is 4.57. The largest absolute Gasteiger partial charge is 0.481 e. The number of hydrogen-bond acceptors (Lipinski definition) is 3. The second-order valence-electron chi connectivity index (χ2n) is 8.82. The van der Waals surface area contributed by atoms with E-state index >= 15 is 0 Å². The molecule has 0 fully saturated rings. The summed E-state index contributed by atoms with van der Waals surface area (Å²) in [5, 5.41) is 14.7. The van der Waals surface area contributed by atoms with Gasteiger partial charge in [0.2, 0.25) is 0 Å². The number of benzene rings is 3. The number of carbonyl (C=O) groups is 1. The van der Waals surface area contributed by atoms with Crippen molar-refractivity contribution in [3.8, 4) is 11.1 Å². The first-order chi connectivity index (χ1) is 17.5. The molecule has 4 rings (SSSR count). The van der Waals surface area contributed by atoms with Crippen molar-refractivity contribution in [3.63, 3.8) is 0 Å². The third kappa shape index (κ3) is 6.92. The SMILES string of the molecule is CC.Cc1ccc(Cl)c(-c2ccc(Cc3ccc(N4N=C(C(F)(F)F)CC4CC(=O)O)cc3)cc2C)c1. The summed E-state index contributed by atoms with van der Waals surface area (Å²) >= 11 is 6.40. The number of hydrogen-bond donors (Lipinski definition) is 1. The molecule has 1 aliphatic heterocycles. The first-order valence-corrected chi connectivity index (χ1v) is 12.5. The summed E-state index contributed by atoms with van der Waals surface area (Å²) in [5.74, 6) is -1.17. The molecule has 0 saturated heterocycles. The van der Waals surface area contributed by atoms with Crippen molar-refractivity contribution in [2.24, 2.45) is 5.10 Å². The van der Waals surface area contributed by atoms with Crippen LogP contribution in [0.25, 0.3) is 11.1 Å². The van der Waals surface area contributed by atoms with Crippen molar-refractivity contribution >= 4 is 29.0 Å². The number of halogens is 4. The summed E-state index contributed by atoms with van der Waals surface area (Å²) in [4.78, 5) is 11.2. The summed E-state index contributed by atoms with van der Waals surface area (Å²) in [5.41, 5.74) is 5.80. The topological polar surface area (TPSA) is 52.9 Å². The van der Waals surface area contributed by atoms with Crippen molar-refractivity contribution in [2.45, 2.75) is 59.2 Å². The highest BCUT2D eigenvalue weighted by molar-refractivity contribution is 6.33. The lowest BCUT2D eigenvalue weighted by atomic mass is 9.95. The van der Waals surface area contributed by atoms with Gasteiger partial charge in [0.25, 0.3) is 0 Å². The molecular weight excluding hydrogens is 501 g/mol. The first-order valence-electron chi connectivity index (χ1n) is 12.1. The Hall–Kier alpha value is -3.32. The first kappa shape index (κ1) is 28.3. The van der Waals surface area contributed by atoms with Crippen LogP contribution in [0.3, 0.4) is 0 Å². The van der Waals surface area contributed by atoms with E-state index in [1.807, 2.05) is 64.1 Å². The molecule has 0 amide bonds. The molecule has 0 aromatic heterocycles. The number of carboxylic acids is 1. The summed E-state index contributed by atoms with van der Waals surface area (Å²) in [6, 6.07) is 18.3. The summed E-state index contributed by atoms with van der Waals surface area (Å²) in [6.45, 7) is 8.06. The molecule has 0 saturated carbocycles. The Balaban J connectivity index is 0.00000186. The van der Waals surface area contributed by atoms with Crippen molar-refractivity contribution in [2.75, 3.05) is 5.01 Å². The predicted molar refractivity (Wildman–Crippen MR) is 144 cm³/mol. The zero-order valence-corrected chi connectivity index (χ0v) is 22.0. The zero-order chi connectivity index (χ0) is 27.3. The standard InChI is InChI=1S/C27H24ClF3N2O2.C2H6/c1-16-3-10-24(28)23(11-16)22-9-6-19(12-17(22)2)13-18-4-7-20(8-5-18)33-21(15-26(34)35)14-25(32-33)27(29,30)31;1-2/h3-12,21H,13-15H2,1-2H3,(H,34,35);1-2H3. The molecule has 0 bridgehead atoms. The Morgan fingerprint density at radius 2 is 1.65 bits per heavy atom. The van der Waals surface area contributed by atoms with Crippen LogP contribution in [0, 0.1) is 13.8 Å². The Labute approximate surface area is 220 Å². The number of carboxylic acid groups (broad SMARTS) is 1. The van der Waals surface area contributed by atoms with Crippen molar-refractivity contribution < 1.29 is 23.1 Å². The molecule has 0 spiro atoms. The Bertz CT molecular complexity index is 1290.